The molecule has 0 unspecified atom stereocenters. The second-order valence-electron chi connectivity index (χ2n) is 4.10. The summed E-state index contributed by atoms with van der Waals surface area (Å²) < 4.78 is 5.08. The van der Waals surface area contributed by atoms with Crippen molar-refractivity contribution < 1.29 is 9.53 Å². The van der Waals surface area contributed by atoms with Crippen molar-refractivity contribution in [3.05, 3.63) is 52.8 Å². The molecule has 5 nitrogen and oxygen atoms in total. The normalized spacial score (nSPS) is 10.1. The van der Waals surface area contributed by atoms with Crippen molar-refractivity contribution in [3.8, 4) is 5.75 Å². The molecule has 1 amide bonds. The second-order valence-corrected chi connectivity index (χ2v) is 4.48. The van der Waals surface area contributed by atoms with E-state index < -0.39 is 0 Å². The van der Waals surface area contributed by atoms with Gasteiger partial charge in [0, 0.05) is 6.54 Å². The highest BCUT2D eigenvalue weighted by molar-refractivity contribution is 6.29. The van der Waals surface area contributed by atoms with Crippen LogP contribution in [0.3, 0.4) is 0 Å². The smallest absolute Gasteiger partial charge is 0.271 e. The lowest BCUT2D eigenvalue weighted by Crippen LogP contribution is -2.26. The zero-order chi connectivity index (χ0) is 14.4. The summed E-state index contributed by atoms with van der Waals surface area (Å²) in [6, 6.07) is 10.8. The molecular weight excluding hydrogens is 278 g/mol. The molecule has 0 bridgehead atoms. The third kappa shape index (κ3) is 3.93. The number of methoxy groups -OCH3 is 1. The van der Waals surface area contributed by atoms with Crippen LogP contribution in [0.2, 0.25) is 5.15 Å². The van der Waals surface area contributed by atoms with Crippen LogP contribution in [-0.2, 0) is 6.42 Å². The van der Waals surface area contributed by atoms with E-state index in [4.69, 9.17) is 16.3 Å². The van der Waals surface area contributed by atoms with Gasteiger partial charge in [0.05, 0.1) is 7.11 Å². The van der Waals surface area contributed by atoms with Crippen molar-refractivity contribution >= 4 is 17.5 Å². The molecule has 2 aromatic rings. The topological polar surface area (TPSA) is 64.1 Å². The summed E-state index contributed by atoms with van der Waals surface area (Å²) in [6.45, 7) is 0.523. The quantitative estimate of drug-likeness (QED) is 0.916. The van der Waals surface area contributed by atoms with Crippen LogP contribution in [0.1, 0.15) is 16.1 Å². The minimum atomic E-state index is -0.261. The molecular formula is C14H14ClN3O2. The van der Waals surface area contributed by atoms with E-state index in [0.29, 0.717) is 6.54 Å². The molecule has 0 spiro atoms. The first kappa shape index (κ1) is 14.3. The van der Waals surface area contributed by atoms with E-state index in [2.05, 4.69) is 15.5 Å². The van der Waals surface area contributed by atoms with E-state index in [1.54, 1.807) is 7.11 Å². The van der Waals surface area contributed by atoms with Gasteiger partial charge in [0.15, 0.2) is 10.8 Å². The highest BCUT2D eigenvalue weighted by Crippen LogP contribution is 2.11. The minimum Gasteiger partial charge on any atom is -0.497 e. The van der Waals surface area contributed by atoms with E-state index in [1.165, 1.54) is 12.1 Å². The van der Waals surface area contributed by atoms with Crippen molar-refractivity contribution in [3.63, 3.8) is 0 Å². The Balaban J connectivity index is 1.82. The van der Waals surface area contributed by atoms with Crippen molar-refractivity contribution in [2.75, 3.05) is 13.7 Å². The van der Waals surface area contributed by atoms with Gasteiger partial charge in [-0.25, -0.2) is 0 Å². The van der Waals surface area contributed by atoms with E-state index in [-0.39, 0.29) is 16.8 Å². The number of carbonyl (C=O) groups is 1. The van der Waals surface area contributed by atoms with E-state index in [9.17, 15) is 4.79 Å². The van der Waals surface area contributed by atoms with Crippen LogP contribution in [0.4, 0.5) is 0 Å². The Labute approximate surface area is 121 Å². The molecule has 104 valence electrons. The third-order valence-corrected chi connectivity index (χ3v) is 2.92. The van der Waals surface area contributed by atoms with Gasteiger partial charge in [-0.15, -0.1) is 10.2 Å². The average molecular weight is 292 g/mol. The van der Waals surface area contributed by atoms with Gasteiger partial charge in [-0.2, -0.15) is 0 Å². The Morgan fingerprint density at radius 3 is 2.55 bits per heavy atom. The van der Waals surface area contributed by atoms with Gasteiger partial charge in [0.25, 0.3) is 5.91 Å². The highest BCUT2D eigenvalue weighted by Gasteiger charge is 2.07. The minimum absolute atomic E-state index is 0.254. The van der Waals surface area contributed by atoms with E-state index in [1.807, 2.05) is 24.3 Å². The molecule has 1 heterocycles. The lowest BCUT2D eigenvalue weighted by atomic mass is 10.1. The number of benzene rings is 1. The van der Waals surface area contributed by atoms with Gasteiger partial charge in [-0.05, 0) is 36.2 Å². The maximum Gasteiger partial charge on any atom is 0.271 e. The van der Waals surface area contributed by atoms with Gasteiger partial charge in [0.1, 0.15) is 5.75 Å². The maximum absolute atomic E-state index is 11.8. The number of rotatable bonds is 5. The first-order valence-electron chi connectivity index (χ1n) is 6.09. The van der Waals surface area contributed by atoms with Gasteiger partial charge in [-0.3, -0.25) is 4.79 Å². The van der Waals surface area contributed by atoms with Crippen LogP contribution in [0, 0.1) is 0 Å². The van der Waals surface area contributed by atoms with Crippen LogP contribution in [-0.4, -0.2) is 29.8 Å². The zero-order valence-corrected chi connectivity index (χ0v) is 11.7. The first-order valence-corrected chi connectivity index (χ1v) is 6.47. The fourth-order valence-electron chi connectivity index (χ4n) is 1.64. The lowest BCUT2D eigenvalue weighted by molar-refractivity contribution is 0.0948. The number of carbonyl (C=O) groups excluding carboxylic acids is 1. The fourth-order valence-corrected chi connectivity index (χ4v) is 1.74. The number of aromatic nitrogens is 2. The standard InChI is InChI=1S/C14H14ClN3O2/c1-20-11-4-2-10(3-5-11)8-9-16-14(19)12-6-7-13(15)18-17-12/h2-7H,8-9H2,1H3,(H,16,19). The monoisotopic (exact) mass is 291 g/mol. The molecule has 0 fully saturated rings. The van der Waals surface area contributed by atoms with Gasteiger partial charge < -0.3 is 10.1 Å². The number of nitrogens with zero attached hydrogens (tertiary/aromatic N) is 2. The third-order valence-electron chi connectivity index (χ3n) is 2.72. The molecule has 6 heteroatoms. The zero-order valence-electron chi connectivity index (χ0n) is 11.0. The average Bonchev–Trinajstić information content (AvgIpc) is 2.48. The number of halogens is 1. The lowest BCUT2D eigenvalue weighted by Gasteiger charge is -2.05. The Hall–Kier alpha value is -2.14. The Kier molecular flexibility index (Phi) is 4.90. The molecule has 1 aromatic heterocycles. The Morgan fingerprint density at radius 2 is 1.95 bits per heavy atom. The number of hydrogen-bond acceptors (Lipinski definition) is 4. The summed E-state index contributed by atoms with van der Waals surface area (Å²) in [6.07, 6.45) is 0.733. The predicted molar refractivity (Wildman–Crippen MR) is 76.1 cm³/mol. The molecule has 0 atom stereocenters. The van der Waals surface area contributed by atoms with E-state index in [0.717, 1.165) is 17.7 Å². The molecule has 0 radical (unpaired) electrons. The Morgan fingerprint density at radius 1 is 1.20 bits per heavy atom. The molecule has 1 aromatic carbocycles. The molecule has 0 aliphatic rings. The predicted octanol–water partition coefficient (Wildman–Crippen LogP) is 2.11. The summed E-state index contributed by atoms with van der Waals surface area (Å²) >= 11 is 5.61. The van der Waals surface area contributed by atoms with Crippen LogP contribution >= 0.6 is 11.6 Å². The summed E-state index contributed by atoms with van der Waals surface area (Å²) in [7, 11) is 1.63. The number of nitrogens with one attached hydrogen (secondary N) is 1. The van der Waals surface area contributed by atoms with Crippen LogP contribution < -0.4 is 10.1 Å². The molecule has 0 saturated carbocycles. The van der Waals surface area contributed by atoms with Crippen molar-refractivity contribution in [2.45, 2.75) is 6.42 Å². The van der Waals surface area contributed by atoms with Crippen molar-refractivity contribution in [1.29, 1.82) is 0 Å². The molecule has 1 N–H and O–H groups in total. The highest BCUT2D eigenvalue weighted by atomic mass is 35.5. The summed E-state index contributed by atoms with van der Waals surface area (Å²) in [5.41, 5.74) is 1.37. The van der Waals surface area contributed by atoms with Crippen molar-refractivity contribution in [2.24, 2.45) is 0 Å². The van der Waals surface area contributed by atoms with Gasteiger partial charge in [0.2, 0.25) is 0 Å². The van der Waals surface area contributed by atoms with Crippen LogP contribution in [0.5, 0.6) is 5.75 Å². The van der Waals surface area contributed by atoms with Gasteiger partial charge >= 0.3 is 0 Å². The summed E-state index contributed by atoms with van der Waals surface area (Å²) in [5.74, 6) is 0.553. The van der Waals surface area contributed by atoms with Crippen molar-refractivity contribution in [1.82, 2.24) is 15.5 Å². The first-order chi connectivity index (χ1) is 9.69. The molecule has 2 rings (SSSR count). The summed E-state index contributed by atoms with van der Waals surface area (Å²) in [4.78, 5) is 11.8. The molecule has 0 aliphatic heterocycles. The van der Waals surface area contributed by atoms with E-state index >= 15 is 0 Å². The Bertz CT molecular complexity index is 570. The molecule has 0 saturated heterocycles. The van der Waals surface area contributed by atoms with Crippen LogP contribution in [0.25, 0.3) is 0 Å². The van der Waals surface area contributed by atoms with Crippen LogP contribution in [0.15, 0.2) is 36.4 Å². The maximum atomic E-state index is 11.8. The van der Waals surface area contributed by atoms with Gasteiger partial charge in [-0.1, -0.05) is 23.7 Å². The number of ether oxygens (including phenoxy) is 1. The molecule has 20 heavy (non-hydrogen) atoms. The SMILES string of the molecule is COc1ccc(CCNC(=O)c2ccc(Cl)nn2)cc1. The fraction of sp³-hybridized carbons (Fsp3) is 0.214. The summed E-state index contributed by atoms with van der Waals surface area (Å²) in [5, 5.41) is 10.4. The number of hydrogen-bond donors (Lipinski definition) is 1. The second kappa shape index (κ2) is 6.86. The molecule has 0 aliphatic carbocycles. The number of amides is 1. The largest absolute Gasteiger partial charge is 0.497 e.